The molecule has 5 aromatic rings. The molecule has 0 saturated carbocycles. The predicted octanol–water partition coefficient (Wildman–Crippen LogP) is 5.60. The summed E-state index contributed by atoms with van der Waals surface area (Å²) in [5, 5.41) is 3.97. The number of furan rings is 2. The van der Waals surface area contributed by atoms with Crippen molar-refractivity contribution in [1.29, 1.82) is 0 Å². The van der Waals surface area contributed by atoms with Crippen LogP contribution in [-0.4, -0.2) is 16.1 Å². The van der Waals surface area contributed by atoms with Crippen molar-refractivity contribution in [2.24, 2.45) is 0 Å². The number of ether oxygens (including phenoxy) is 2. The third-order valence-corrected chi connectivity index (χ3v) is 4.26. The van der Waals surface area contributed by atoms with Gasteiger partial charge in [-0.05, 0) is 72.8 Å². The summed E-state index contributed by atoms with van der Waals surface area (Å²) < 4.78 is 26.6. The van der Waals surface area contributed by atoms with Gasteiger partial charge in [0.05, 0.1) is 12.5 Å². The largest absolute Gasteiger partial charge is 0.459 e. The van der Waals surface area contributed by atoms with Gasteiger partial charge in [0.25, 0.3) is 5.89 Å². The molecule has 0 fully saturated rings. The topological polar surface area (TPSA) is 101 Å². The highest BCUT2D eigenvalue weighted by molar-refractivity contribution is 5.88. The molecule has 152 valence electrons. The summed E-state index contributed by atoms with van der Waals surface area (Å²) in [6.45, 7) is 0. The number of esters is 1. The Morgan fingerprint density at radius 1 is 0.774 bits per heavy atom. The van der Waals surface area contributed by atoms with Crippen molar-refractivity contribution in [1.82, 2.24) is 10.1 Å². The number of hydrogen-bond acceptors (Lipinski definition) is 8. The van der Waals surface area contributed by atoms with E-state index in [1.54, 1.807) is 60.9 Å². The normalized spacial score (nSPS) is 10.7. The van der Waals surface area contributed by atoms with Crippen molar-refractivity contribution in [3.05, 3.63) is 91.1 Å². The van der Waals surface area contributed by atoms with Gasteiger partial charge in [-0.15, -0.1) is 0 Å². The van der Waals surface area contributed by atoms with Crippen LogP contribution >= 0.6 is 0 Å². The van der Waals surface area contributed by atoms with Crippen molar-refractivity contribution in [3.63, 3.8) is 0 Å². The fraction of sp³-hybridized carbons (Fsp3) is 0. The molecule has 0 aliphatic heterocycles. The maximum absolute atomic E-state index is 11.9. The van der Waals surface area contributed by atoms with Gasteiger partial charge in [-0.1, -0.05) is 5.16 Å². The third-order valence-electron chi connectivity index (χ3n) is 4.26. The third kappa shape index (κ3) is 4.08. The highest BCUT2D eigenvalue weighted by Gasteiger charge is 2.13. The van der Waals surface area contributed by atoms with Crippen LogP contribution in [0.1, 0.15) is 10.6 Å². The minimum absolute atomic E-state index is 0.137. The summed E-state index contributed by atoms with van der Waals surface area (Å²) in [4.78, 5) is 16.2. The Labute approximate surface area is 175 Å². The van der Waals surface area contributed by atoms with E-state index in [0.717, 1.165) is 5.56 Å². The molecule has 0 radical (unpaired) electrons. The van der Waals surface area contributed by atoms with Crippen molar-refractivity contribution < 1.29 is 27.6 Å². The first-order chi connectivity index (χ1) is 15.2. The standard InChI is InChI=1S/C23H14N2O6/c26-23(20-4-2-14-28-20)30-18-11-9-17(10-12-18)29-16-7-5-15(6-8-16)21-24-22(31-25-21)19-3-1-13-27-19/h1-14H. The van der Waals surface area contributed by atoms with E-state index < -0.39 is 5.97 Å². The lowest BCUT2D eigenvalue weighted by molar-refractivity contribution is 0.0701. The SMILES string of the molecule is O=C(Oc1ccc(Oc2ccc(-c3noc(-c4ccco4)n3)cc2)cc1)c1ccco1. The molecule has 0 amide bonds. The zero-order valence-corrected chi connectivity index (χ0v) is 15.9. The van der Waals surface area contributed by atoms with Crippen LogP contribution in [0.3, 0.4) is 0 Å². The molecular formula is C23H14N2O6. The van der Waals surface area contributed by atoms with Gasteiger partial charge in [-0.25, -0.2) is 4.79 Å². The summed E-state index contributed by atoms with van der Waals surface area (Å²) in [7, 11) is 0. The number of aromatic nitrogens is 2. The van der Waals surface area contributed by atoms with Crippen LogP contribution in [0.15, 0.2) is 98.7 Å². The number of benzene rings is 2. The zero-order valence-electron chi connectivity index (χ0n) is 15.9. The monoisotopic (exact) mass is 414 g/mol. The Balaban J connectivity index is 1.23. The molecular weight excluding hydrogens is 400 g/mol. The Kier molecular flexibility index (Phi) is 4.78. The molecule has 0 aliphatic rings. The van der Waals surface area contributed by atoms with E-state index in [1.807, 2.05) is 12.1 Å². The summed E-state index contributed by atoms with van der Waals surface area (Å²) in [6.07, 6.45) is 2.95. The van der Waals surface area contributed by atoms with Crippen LogP contribution in [0.5, 0.6) is 17.2 Å². The van der Waals surface area contributed by atoms with Crippen LogP contribution in [0.25, 0.3) is 23.0 Å². The number of nitrogens with zero attached hydrogens (tertiary/aromatic N) is 2. The fourth-order valence-corrected chi connectivity index (χ4v) is 2.78. The maximum Gasteiger partial charge on any atom is 0.379 e. The molecule has 3 aromatic heterocycles. The van der Waals surface area contributed by atoms with Crippen molar-refractivity contribution in [2.75, 3.05) is 0 Å². The lowest BCUT2D eigenvalue weighted by Crippen LogP contribution is -2.06. The Bertz CT molecular complexity index is 1270. The maximum atomic E-state index is 11.9. The lowest BCUT2D eigenvalue weighted by atomic mass is 10.2. The molecule has 8 nitrogen and oxygen atoms in total. The lowest BCUT2D eigenvalue weighted by Gasteiger charge is -2.07. The zero-order chi connectivity index (χ0) is 21.0. The molecule has 0 saturated heterocycles. The molecule has 0 bridgehead atoms. The Hall–Kier alpha value is -4.59. The second-order valence-corrected chi connectivity index (χ2v) is 6.37. The molecule has 3 heterocycles. The van der Waals surface area contributed by atoms with Gasteiger partial charge in [0, 0.05) is 5.56 Å². The van der Waals surface area contributed by atoms with Crippen LogP contribution < -0.4 is 9.47 Å². The van der Waals surface area contributed by atoms with Gasteiger partial charge in [0.15, 0.2) is 5.76 Å². The molecule has 8 heteroatoms. The van der Waals surface area contributed by atoms with E-state index in [9.17, 15) is 4.79 Å². The predicted molar refractivity (Wildman–Crippen MR) is 108 cm³/mol. The van der Waals surface area contributed by atoms with E-state index in [0.29, 0.717) is 34.7 Å². The van der Waals surface area contributed by atoms with E-state index >= 15 is 0 Å². The van der Waals surface area contributed by atoms with Crippen LogP contribution in [0, 0.1) is 0 Å². The van der Waals surface area contributed by atoms with Crippen molar-refractivity contribution >= 4 is 5.97 Å². The number of rotatable bonds is 6. The molecule has 0 aliphatic carbocycles. The molecule has 0 atom stereocenters. The van der Waals surface area contributed by atoms with Gasteiger partial charge < -0.3 is 22.8 Å². The Morgan fingerprint density at radius 3 is 2.13 bits per heavy atom. The van der Waals surface area contributed by atoms with Crippen molar-refractivity contribution in [3.8, 4) is 40.3 Å². The first-order valence-corrected chi connectivity index (χ1v) is 9.26. The van der Waals surface area contributed by atoms with Gasteiger partial charge >= 0.3 is 5.97 Å². The Morgan fingerprint density at radius 2 is 1.45 bits per heavy atom. The van der Waals surface area contributed by atoms with Gasteiger partial charge in [-0.2, -0.15) is 4.98 Å². The first-order valence-electron chi connectivity index (χ1n) is 9.26. The van der Waals surface area contributed by atoms with E-state index in [4.69, 9.17) is 22.8 Å². The number of hydrogen-bond donors (Lipinski definition) is 0. The quantitative estimate of drug-likeness (QED) is 0.261. The van der Waals surface area contributed by atoms with Crippen LogP contribution in [-0.2, 0) is 0 Å². The second-order valence-electron chi connectivity index (χ2n) is 6.37. The fourth-order valence-electron chi connectivity index (χ4n) is 2.78. The first kappa shape index (κ1) is 18.4. The summed E-state index contributed by atoms with van der Waals surface area (Å²) in [5.41, 5.74) is 0.772. The molecule has 31 heavy (non-hydrogen) atoms. The molecule has 0 N–H and O–H groups in total. The average Bonchev–Trinajstić information content (AvgIpc) is 3.58. The van der Waals surface area contributed by atoms with E-state index in [2.05, 4.69) is 10.1 Å². The number of carbonyl (C=O) groups is 1. The van der Waals surface area contributed by atoms with Gasteiger partial charge in [-0.3, -0.25) is 0 Å². The highest BCUT2D eigenvalue weighted by Crippen LogP contribution is 2.27. The minimum atomic E-state index is -0.564. The summed E-state index contributed by atoms with van der Waals surface area (Å²) in [5.74, 6) is 2.44. The second kappa shape index (κ2) is 8.03. The van der Waals surface area contributed by atoms with Gasteiger partial charge in [0.2, 0.25) is 11.6 Å². The molecule has 0 spiro atoms. The van der Waals surface area contributed by atoms with Crippen LogP contribution in [0.4, 0.5) is 0 Å². The molecule has 0 unspecified atom stereocenters. The van der Waals surface area contributed by atoms with E-state index in [1.165, 1.54) is 12.3 Å². The molecule has 5 rings (SSSR count). The van der Waals surface area contributed by atoms with Gasteiger partial charge in [0.1, 0.15) is 17.2 Å². The highest BCUT2D eigenvalue weighted by atomic mass is 16.5. The van der Waals surface area contributed by atoms with Crippen LogP contribution in [0.2, 0.25) is 0 Å². The molecule has 2 aromatic carbocycles. The average molecular weight is 414 g/mol. The number of carbonyl (C=O) groups excluding carboxylic acids is 1. The van der Waals surface area contributed by atoms with E-state index in [-0.39, 0.29) is 5.76 Å². The summed E-state index contributed by atoms with van der Waals surface area (Å²) in [6, 6.07) is 20.6. The smallest absolute Gasteiger partial charge is 0.379 e. The van der Waals surface area contributed by atoms with Crippen molar-refractivity contribution in [2.45, 2.75) is 0 Å². The minimum Gasteiger partial charge on any atom is -0.459 e. The summed E-state index contributed by atoms with van der Waals surface area (Å²) >= 11 is 0.